The van der Waals surface area contributed by atoms with Gasteiger partial charge in [0, 0.05) is 12.6 Å². The summed E-state index contributed by atoms with van der Waals surface area (Å²) in [7, 11) is 0. The van der Waals surface area contributed by atoms with E-state index in [4.69, 9.17) is 27.9 Å². The molecule has 3 nitrogen and oxygen atoms in total. The number of ether oxygens (including phenoxy) is 1. The molecular weight excluding hydrogens is 341 g/mol. The Morgan fingerprint density at radius 2 is 2.00 bits per heavy atom. The topological polar surface area (TPSA) is 29.5 Å². The number of nitrogens with zero attached hydrogens (tertiary/aromatic N) is 1. The van der Waals surface area contributed by atoms with Gasteiger partial charge >= 0.3 is 0 Å². The van der Waals surface area contributed by atoms with E-state index in [1.807, 2.05) is 16.3 Å². The molecule has 1 heterocycles. The normalized spacial score (nSPS) is 13.9. The molecule has 1 fully saturated rings. The van der Waals surface area contributed by atoms with Gasteiger partial charge in [0.1, 0.15) is 0 Å². The smallest absolute Gasteiger partial charge is 0.261 e. The number of carbonyl (C=O) groups is 1. The summed E-state index contributed by atoms with van der Waals surface area (Å²) in [6.07, 6.45) is 2.12. The van der Waals surface area contributed by atoms with E-state index < -0.39 is 0 Å². The maximum Gasteiger partial charge on any atom is 0.261 e. The molecule has 1 aromatic heterocycles. The zero-order valence-electron chi connectivity index (χ0n) is 11.8. The Morgan fingerprint density at radius 3 is 2.59 bits per heavy atom. The van der Waals surface area contributed by atoms with Gasteiger partial charge in [-0.05, 0) is 47.4 Å². The predicted molar refractivity (Wildman–Crippen MR) is 89.8 cm³/mol. The van der Waals surface area contributed by atoms with Crippen LogP contribution in [0.25, 0.3) is 0 Å². The molecule has 1 amide bonds. The zero-order chi connectivity index (χ0) is 15.5. The number of amides is 1. The Bertz CT molecular complexity index is 636. The predicted octanol–water partition coefficient (Wildman–Crippen LogP) is 4.62. The fourth-order valence-corrected chi connectivity index (χ4v) is 3.39. The van der Waals surface area contributed by atoms with Gasteiger partial charge in [0.25, 0.3) is 5.91 Å². The maximum absolute atomic E-state index is 12.5. The minimum absolute atomic E-state index is 0.0373. The lowest BCUT2D eigenvalue weighted by Crippen LogP contribution is -2.36. The van der Waals surface area contributed by atoms with Crippen LogP contribution in [0, 0.1) is 0 Å². The number of para-hydroxylation sites is 1. The zero-order valence-corrected chi connectivity index (χ0v) is 14.1. The van der Waals surface area contributed by atoms with E-state index in [1.165, 1.54) is 0 Å². The molecule has 2 aromatic rings. The molecule has 1 aromatic carbocycles. The van der Waals surface area contributed by atoms with E-state index in [9.17, 15) is 4.79 Å². The van der Waals surface area contributed by atoms with Crippen molar-refractivity contribution in [2.75, 3.05) is 6.61 Å². The number of hydrogen-bond donors (Lipinski definition) is 0. The van der Waals surface area contributed by atoms with Crippen molar-refractivity contribution in [2.24, 2.45) is 0 Å². The summed E-state index contributed by atoms with van der Waals surface area (Å²) in [6.45, 7) is 0.580. The quantitative estimate of drug-likeness (QED) is 0.756. The molecule has 0 atom stereocenters. The summed E-state index contributed by atoms with van der Waals surface area (Å²) in [5.74, 6) is 0.329. The lowest BCUT2D eigenvalue weighted by Gasteiger charge is -2.22. The first kappa shape index (κ1) is 15.7. The summed E-state index contributed by atoms with van der Waals surface area (Å²) >= 11 is 13.7. The standard InChI is InChI=1S/C16H15Cl2NO2S/c17-13-2-1-3-14(18)16(13)21-9-15(20)19(12-4-5-12)8-11-6-7-22-10-11/h1-3,6-7,10,12H,4-5,8-9H2. The van der Waals surface area contributed by atoms with E-state index in [1.54, 1.807) is 29.5 Å². The fraction of sp³-hybridized carbons (Fsp3) is 0.312. The van der Waals surface area contributed by atoms with Crippen LogP contribution in [0.1, 0.15) is 18.4 Å². The molecule has 1 aliphatic rings. The Hall–Kier alpha value is -1.23. The molecule has 3 rings (SSSR count). The lowest BCUT2D eigenvalue weighted by molar-refractivity contribution is -0.134. The van der Waals surface area contributed by atoms with Crippen LogP contribution >= 0.6 is 34.5 Å². The van der Waals surface area contributed by atoms with Crippen LogP contribution in [-0.4, -0.2) is 23.5 Å². The Kier molecular flexibility index (Phi) is 4.91. The maximum atomic E-state index is 12.5. The number of carbonyl (C=O) groups excluding carboxylic acids is 1. The fourth-order valence-electron chi connectivity index (χ4n) is 2.22. The van der Waals surface area contributed by atoms with Gasteiger partial charge in [-0.1, -0.05) is 29.3 Å². The van der Waals surface area contributed by atoms with Crippen molar-refractivity contribution >= 4 is 40.4 Å². The highest BCUT2D eigenvalue weighted by atomic mass is 35.5. The van der Waals surface area contributed by atoms with Gasteiger partial charge in [-0.2, -0.15) is 11.3 Å². The molecule has 1 saturated carbocycles. The molecule has 116 valence electrons. The molecule has 22 heavy (non-hydrogen) atoms. The molecule has 6 heteroatoms. The van der Waals surface area contributed by atoms with E-state index >= 15 is 0 Å². The van der Waals surface area contributed by atoms with Crippen LogP contribution in [0.2, 0.25) is 10.0 Å². The van der Waals surface area contributed by atoms with Crippen molar-refractivity contribution in [1.82, 2.24) is 4.90 Å². The van der Waals surface area contributed by atoms with Gasteiger partial charge < -0.3 is 9.64 Å². The van der Waals surface area contributed by atoms with Crippen LogP contribution in [0.4, 0.5) is 0 Å². The highest BCUT2D eigenvalue weighted by Gasteiger charge is 2.32. The van der Waals surface area contributed by atoms with Crippen molar-refractivity contribution in [1.29, 1.82) is 0 Å². The van der Waals surface area contributed by atoms with E-state index in [0.29, 0.717) is 28.4 Å². The summed E-state index contributed by atoms with van der Waals surface area (Å²) in [5.41, 5.74) is 1.15. The number of hydrogen-bond acceptors (Lipinski definition) is 3. The van der Waals surface area contributed by atoms with Crippen LogP contribution < -0.4 is 4.74 Å². The SMILES string of the molecule is O=C(COc1c(Cl)cccc1Cl)N(Cc1ccsc1)C1CC1. The van der Waals surface area contributed by atoms with Crippen molar-refractivity contribution in [3.63, 3.8) is 0 Å². The summed E-state index contributed by atoms with van der Waals surface area (Å²) < 4.78 is 5.55. The van der Waals surface area contributed by atoms with E-state index in [2.05, 4.69) is 5.38 Å². The molecule has 0 saturated heterocycles. The molecule has 0 unspecified atom stereocenters. The number of halogens is 2. The summed E-state index contributed by atoms with van der Waals surface area (Å²) in [6, 6.07) is 7.50. The lowest BCUT2D eigenvalue weighted by atomic mass is 10.3. The van der Waals surface area contributed by atoms with Crippen molar-refractivity contribution in [3.05, 3.63) is 50.6 Å². The second-order valence-corrected chi connectivity index (χ2v) is 6.82. The minimum atomic E-state index is -0.0515. The third kappa shape index (κ3) is 3.75. The van der Waals surface area contributed by atoms with Gasteiger partial charge in [-0.15, -0.1) is 0 Å². The first-order chi connectivity index (χ1) is 10.6. The molecular formula is C16H15Cl2NO2S. The van der Waals surface area contributed by atoms with Gasteiger partial charge in [0.2, 0.25) is 0 Å². The van der Waals surface area contributed by atoms with Crippen LogP contribution in [0.5, 0.6) is 5.75 Å². The average molecular weight is 356 g/mol. The van der Waals surface area contributed by atoms with Crippen molar-refractivity contribution in [2.45, 2.75) is 25.4 Å². The molecule has 0 aliphatic heterocycles. The van der Waals surface area contributed by atoms with Crippen molar-refractivity contribution < 1.29 is 9.53 Å². The van der Waals surface area contributed by atoms with E-state index in [0.717, 1.165) is 18.4 Å². The number of rotatable bonds is 6. The first-order valence-corrected chi connectivity index (χ1v) is 8.72. The Balaban J connectivity index is 1.64. The molecule has 0 bridgehead atoms. The monoisotopic (exact) mass is 355 g/mol. The first-order valence-electron chi connectivity index (χ1n) is 7.02. The summed E-state index contributed by atoms with van der Waals surface area (Å²) in [5, 5.41) is 4.91. The highest BCUT2D eigenvalue weighted by molar-refractivity contribution is 7.07. The summed E-state index contributed by atoms with van der Waals surface area (Å²) in [4.78, 5) is 14.3. The molecule has 0 radical (unpaired) electrons. The number of thiophene rings is 1. The van der Waals surface area contributed by atoms with Crippen molar-refractivity contribution in [3.8, 4) is 5.75 Å². The number of benzene rings is 1. The average Bonchev–Trinajstić information content (AvgIpc) is 3.20. The molecule has 0 spiro atoms. The molecule has 1 aliphatic carbocycles. The van der Waals surface area contributed by atoms with Gasteiger partial charge in [-0.25, -0.2) is 0 Å². The third-order valence-electron chi connectivity index (χ3n) is 3.50. The largest absolute Gasteiger partial charge is 0.481 e. The third-order valence-corrected chi connectivity index (χ3v) is 4.83. The Morgan fingerprint density at radius 1 is 1.27 bits per heavy atom. The van der Waals surface area contributed by atoms with Crippen LogP contribution in [0.15, 0.2) is 35.0 Å². The van der Waals surface area contributed by atoms with E-state index in [-0.39, 0.29) is 12.5 Å². The minimum Gasteiger partial charge on any atom is -0.481 e. The Labute approximate surface area is 143 Å². The van der Waals surface area contributed by atoms with Gasteiger partial charge in [0.15, 0.2) is 12.4 Å². The highest BCUT2D eigenvalue weighted by Crippen LogP contribution is 2.33. The van der Waals surface area contributed by atoms with Gasteiger partial charge in [0.05, 0.1) is 10.0 Å². The van der Waals surface area contributed by atoms with Crippen LogP contribution in [0.3, 0.4) is 0 Å². The molecule has 0 N–H and O–H groups in total. The second-order valence-electron chi connectivity index (χ2n) is 5.22. The second kappa shape index (κ2) is 6.90. The van der Waals surface area contributed by atoms with Gasteiger partial charge in [-0.3, -0.25) is 4.79 Å². The van der Waals surface area contributed by atoms with Crippen LogP contribution in [-0.2, 0) is 11.3 Å².